The molecule has 1 saturated heterocycles. The van der Waals surface area contributed by atoms with Gasteiger partial charge in [-0.05, 0) is 36.8 Å². The molecule has 0 bridgehead atoms. The van der Waals surface area contributed by atoms with Crippen LogP contribution in [0.4, 0.5) is 0 Å². The Bertz CT molecular complexity index is 1080. The van der Waals surface area contributed by atoms with Gasteiger partial charge in [0.05, 0.1) is 29.1 Å². The summed E-state index contributed by atoms with van der Waals surface area (Å²) in [5.41, 5.74) is 2.02. The smallest absolute Gasteiger partial charge is 0.255 e. The zero-order valence-corrected chi connectivity index (χ0v) is 18.8. The highest BCUT2D eigenvalue weighted by Crippen LogP contribution is 2.43. The molecule has 0 radical (unpaired) electrons. The second-order valence-corrected chi connectivity index (χ2v) is 9.01. The van der Waals surface area contributed by atoms with E-state index < -0.39 is 0 Å². The number of aromatic nitrogens is 3. The highest BCUT2D eigenvalue weighted by atomic mass is 35.5. The number of aryl methyl sites for hydroxylation is 1. The van der Waals surface area contributed by atoms with Crippen LogP contribution in [-0.4, -0.2) is 45.7 Å². The van der Waals surface area contributed by atoms with Gasteiger partial charge >= 0.3 is 0 Å². The molecule has 1 aliphatic heterocycles. The normalized spacial score (nSPS) is 20.6. The zero-order valence-electron chi connectivity index (χ0n) is 17.3. The van der Waals surface area contributed by atoms with Gasteiger partial charge in [0.25, 0.3) is 5.91 Å². The lowest BCUT2D eigenvalue weighted by Crippen LogP contribution is -2.35. The fourth-order valence-corrected chi connectivity index (χ4v) is 4.25. The van der Waals surface area contributed by atoms with Crippen molar-refractivity contribution in [3.05, 3.63) is 81.7 Å². The molecular weight excluding hydrogens is 435 g/mol. The molecule has 3 aromatic rings. The molecule has 8 heteroatoms. The number of likely N-dealkylation sites (tertiary alicyclic amines) is 1. The van der Waals surface area contributed by atoms with Gasteiger partial charge in [-0.1, -0.05) is 42.3 Å². The monoisotopic (exact) mass is 456 g/mol. The maximum atomic E-state index is 13.2. The lowest BCUT2D eigenvalue weighted by atomic mass is 9.77. The van der Waals surface area contributed by atoms with E-state index in [0.29, 0.717) is 46.9 Å². The molecule has 6 nitrogen and oxygen atoms in total. The molecule has 3 heterocycles. The van der Waals surface area contributed by atoms with E-state index in [1.165, 1.54) is 6.20 Å². The Labute approximate surface area is 191 Å². The zero-order chi connectivity index (χ0) is 22.0. The number of benzene rings is 1. The summed E-state index contributed by atoms with van der Waals surface area (Å²) in [5.74, 6) is 0.501. The molecule has 0 N–H and O–H groups in total. The second kappa shape index (κ2) is 8.81. The number of halogens is 2. The van der Waals surface area contributed by atoms with Crippen molar-refractivity contribution in [2.45, 2.75) is 19.8 Å². The minimum atomic E-state index is -0.333. The summed E-state index contributed by atoms with van der Waals surface area (Å²) in [6, 6.07) is 13.0. The maximum Gasteiger partial charge on any atom is 0.255 e. The Kier molecular flexibility index (Phi) is 6.12. The number of amides is 1. The van der Waals surface area contributed by atoms with Crippen LogP contribution in [0.1, 0.15) is 34.5 Å². The van der Waals surface area contributed by atoms with Crippen LogP contribution in [0.25, 0.3) is 0 Å². The van der Waals surface area contributed by atoms with Crippen LogP contribution in [0.5, 0.6) is 5.88 Å². The summed E-state index contributed by atoms with van der Waals surface area (Å²) in [6.45, 7) is 5.45. The number of carbonyl (C=O) groups is 1. The average Bonchev–Trinajstić information content (AvgIpc) is 3.11. The van der Waals surface area contributed by atoms with Crippen molar-refractivity contribution in [1.29, 1.82) is 0 Å². The van der Waals surface area contributed by atoms with Crippen LogP contribution in [0.15, 0.2) is 54.9 Å². The Morgan fingerprint density at radius 2 is 1.90 bits per heavy atom. The third-order valence-electron chi connectivity index (χ3n) is 5.63. The van der Waals surface area contributed by atoms with E-state index in [-0.39, 0.29) is 17.2 Å². The predicted molar refractivity (Wildman–Crippen MR) is 120 cm³/mol. The van der Waals surface area contributed by atoms with E-state index in [1.54, 1.807) is 24.4 Å². The van der Waals surface area contributed by atoms with Crippen molar-refractivity contribution in [2.75, 3.05) is 19.7 Å². The van der Waals surface area contributed by atoms with Crippen LogP contribution in [0.3, 0.4) is 0 Å². The van der Waals surface area contributed by atoms with E-state index in [0.717, 1.165) is 5.56 Å². The first kappa shape index (κ1) is 21.5. The number of nitrogens with zero attached hydrogens (tertiary/aromatic N) is 4. The van der Waals surface area contributed by atoms with Crippen molar-refractivity contribution >= 4 is 29.1 Å². The molecule has 4 rings (SSSR count). The van der Waals surface area contributed by atoms with E-state index >= 15 is 0 Å². The molecule has 1 aromatic carbocycles. The number of hydrogen-bond donors (Lipinski definition) is 0. The fourth-order valence-electron chi connectivity index (χ4n) is 4.01. The molecule has 2 aromatic heterocycles. The Hall–Kier alpha value is -2.70. The van der Waals surface area contributed by atoms with Crippen molar-refractivity contribution < 1.29 is 9.53 Å². The summed E-state index contributed by atoms with van der Waals surface area (Å²) in [5, 5.41) is 9.10. The third kappa shape index (κ3) is 4.81. The topological polar surface area (TPSA) is 68.2 Å². The van der Waals surface area contributed by atoms with E-state index in [1.807, 2.05) is 36.1 Å². The lowest BCUT2D eigenvalue weighted by Gasteiger charge is -2.30. The molecule has 31 heavy (non-hydrogen) atoms. The molecule has 2 unspecified atom stereocenters. The molecule has 1 fully saturated rings. The molecule has 160 valence electrons. The van der Waals surface area contributed by atoms with Gasteiger partial charge in [-0.25, -0.2) is 4.98 Å². The highest BCUT2D eigenvalue weighted by Gasteiger charge is 2.46. The number of hydrogen-bond acceptors (Lipinski definition) is 5. The number of carbonyl (C=O) groups excluding carboxylic acids is 1. The maximum absolute atomic E-state index is 13.2. The van der Waals surface area contributed by atoms with Crippen LogP contribution in [-0.2, 0) is 0 Å². The van der Waals surface area contributed by atoms with Gasteiger partial charge in [0.1, 0.15) is 0 Å². The second-order valence-electron chi connectivity index (χ2n) is 8.13. The van der Waals surface area contributed by atoms with Crippen LogP contribution in [0.2, 0.25) is 10.0 Å². The van der Waals surface area contributed by atoms with Gasteiger partial charge in [-0.15, -0.1) is 0 Å². The van der Waals surface area contributed by atoms with E-state index in [4.69, 9.17) is 27.9 Å². The minimum Gasteiger partial charge on any atom is -0.477 e. The SMILES string of the molecule is Cc1cc(C(=O)N2CC(c3ccc(Cl)cc3)C(C)(COc3ccc(Cl)cn3)C2)cnn1. The van der Waals surface area contributed by atoms with Crippen molar-refractivity contribution in [1.82, 2.24) is 20.1 Å². The first-order valence-electron chi connectivity index (χ1n) is 9.92. The van der Waals surface area contributed by atoms with E-state index in [2.05, 4.69) is 22.1 Å². The van der Waals surface area contributed by atoms with Gasteiger partial charge in [-0.2, -0.15) is 10.2 Å². The minimum absolute atomic E-state index is 0.0645. The van der Waals surface area contributed by atoms with Crippen molar-refractivity contribution in [2.24, 2.45) is 5.41 Å². The van der Waals surface area contributed by atoms with E-state index in [9.17, 15) is 4.79 Å². The van der Waals surface area contributed by atoms with Gasteiger partial charge in [-0.3, -0.25) is 4.79 Å². The molecule has 0 aliphatic carbocycles. The first-order valence-corrected chi connectivity index (χ1v) is 10.7. The first-order chi connectivity index (χ1) is 14.8. The Morgan fingerprint density at radius 1 is 1.16 bits per heavy atom. The van der Waals surface area contributed by atoms with Gasteiger partial charge < -0.3 is 9.64 Å². The molecule has 0 spiro atoms. The summed E-state index contributed by atoms with van der Waals surface area (Å²) in [4.78, 5) is 19.3. The standard InChI is InChI=1S/C23H22Cl2N4O2/c1-15-9-17(10-27-28-15)22(30)29-12-20(16-3-5-18(24)6-4-16)23(2,13-29)14-31-21-8-7-19(25)11-26-21/h3-11,20H,12-14H2,1-2H3. The molecule has 1 amide bonds. The number of rotatable bonds is 5. The summed E-state index contributed by atoms with van der Waals surface area (Å²) < 4.78 is 6.02. The van der Waals surface area contributed by atoms with Gasteiger partial charge in [0, 0.05) is 41.7 Å². The van der Waals surface area contributed by atoms with Crippen LogP contribution < -0.4 is 4.74 Å². The van der Waals surface area contributed by atoms with Crippen LogP contribution in [0, 0.1) is 12.3 Å². The van der Waals surface area contributed by atoms with Crippen LogP contribution >= 0.6 is 23.2 Å². The van der Waals surface area contributed by atoms with Gasteiger partial charge in [0.15, 0.2) is 0 Å². The summed E-state index contributed by atoms with van der Waals surface area (Å²) in [6.07, 6.45) is 3.07. The predicted octanol–water partition coefficient (Wildman–Crippen LogP) is 4.81. The largest absolute Gasteiger partial charge is 0.477 e. The van der Waals surface area contributed by atoms with Crippen molar-refractivity contribution in [3.8, 4) is 5.88 Å². The van der Waals surface area contributed by atoms with Crippen molar-refractivity contribution in [3.63, 3.8) is 0 Å². The average molecular weight is 457 g/mol. The Balaban J connectivity index is 1.60. The number of pyridine rings is 1. The molecule has 1 aliphatic rings. The molecular formula is C23H22Cl2N4O2. The quantitative estimate of drug-likeness (QED) is 0.550. The summed E-state index contributed by atoms with van der Waals surface area (Å²) in [7, 11) is 0. The fraction of sp³-hybridized carbons (Fsp3) is 0.304. The third-order valence-corrected chi connectivity index (χ3v) is 6.11. The van der Waals surface area contributed by atoms with Gasteiger partial charge in [0.2, 0.25) is 5.88 Å². The number of ether oxygens (including phenoxy) is 1. The highest BCUT2D eigenvalue weighted by molar-refractivity contribution is 6.30. The Morgan fingerprint density at radius 3 is 2.58 bits per heavy atom. The molecule has 0 saturated carbocycles. The summed E-state index contributed by atoms with van der Waals surface area (Å²) >= 11 is 12.0. The molecule has 2 atom stereocenters. The lowest BCUT2D eigenvalue weighted by molar-refractivity contribution is 0.0757.